The van der Waals surface area contributed by atoms with Crippen LogP contribution in [0.5, 0.6) is 0 Å². The molecule has 4 atom stereocenters. The minimum atomic E-state index is -1.20. The molecule has 6 nitrogen and oxygen atoms in total. The maximum atomic E-state index is 11.1. The topological polar surface area (TPSA) is 95.9 Å². The Morgan fingerprint density at radius 1 is 1.64 bits per heavy atom. The molecule has 0 aromatic carbocycles. The van der Waals surface area contributed by atoms with Crippen LogP contribution < -0.4 is 5.32 Å². The predicted molar refractivity (Wildman–Crippen MR) is 45.2 cm³/mol. The molecule has 1 amide bonds. The summed E-state index contributed by atoms with van der Waals surface area (Å²) >= 11 is 0. The third-order valence-corrected chi connectivity index (χ3v) is 2.02. The molecule has 80 valence electrons. The fourth-order valence-electron chi connectivity index (χ4n) is 1.35. The van der Waals surface area contributed by atoms with E-state index < -0.39 is 36.2 Å². The highest BCUT2D eigenvalue weighted by Gasteiger charge is 2.46. The van der Waals surface area contributed by atoms with Gasteiger partial charge in [-0.25, -0.2) is 4.79 Å². The fraction of sp³-hybridized carbons (Fsp3) is 0.750. The van der Waals surface area contributed by atoms with Gasteiger partial charge in [-0.05, 0) is 6.92 Å². The number of amides is 1. The highest BCUT2D eigenvalue weighted by atomic mass is 16.6. The van der Waals surface area contributed by atoms with Gasteiger partial charge in [0.1, 0.15) is 6.10 Å². The summed E-state index contributed by atoms with van der Waals surface area (Å²) in [5, 5.41) is 20.9. The number of cyclic esters (lactones) is 1. The fourth-order valence-corrected chi connectivity index (χ4v) is 1.35. The van der Waals surface area contributed by atoms with Gasteiger partial charge in [-0.15, -0.1) is 0 Å². The number of nitrogens with one attached hydrogen (secondary N) is 1. The highest BCUT2D eigenvalue weighted by molar-refractivity contribution is 5.85. The number of hydrogen-bond donors (Lipinski definition) is 3. The minimum absolute atomic E-state index is 0.433. The van der Waals surface area contributed by atoms with E-state index in [1.807, 2.05) is 0 Å². The van der Waals surface area contributed by atoms with Crippen LogP contribution in [0.15, 0.2) is 0 Å². The molecule has 1 fully saturated rings. The van der Waals surface area contributed by atoms with Gasteiger partial charge in [-0.3, -0.25) is 4.79 Å². The molecule has 14 heavy (non-hydrogen) atoms. The summed E-state index contributed by atoms with van der Waals surface area (Å²) in [6.45, 7) is 2.63. The van der Waals surface area contributed by atoms with Crippen LogP contribution in [0.4, 0.5) is 0 Å². The Kier molecular flexibility index (Phi) is 3.07. The summed E-state index contributed by atoms with van der Waals surface area (Å²) in [4.78, 5) is 21.8. The molecule has 0 aliphatic carbocycles. The predicted octanol–water partition coefficient (Wildman–Crippen LogP) is -1.84. The Morgan fingerprint density at radius 3 is 2.57 bits per heavy atom. The first-order chi connectivity index (χ1) is 6.43. The molecule has 0 spiro atoms. The standard InChI is InChI=1S/C8H13NO5/c1-3(10)7-6(12)5(8(13)14-7)9-4(2)11/h3,5-7,10,12H,1-2H3,(H,9,11)/t3-,5-,6-,7+/m1/s1. The van der Waals surface area contributed by atoms with Crippen molar-refractivity contribution in [3.05, 3.63) is 0 Å². The molecular formula is C8H13NO5. The zero-order chi connectivity index (χ0) is 10.9. The maximum Gasteiger partial charge on any atom is 0.331 e. The van der Waals surface area contributed by atoms with Crippen molar-refractivity contribution < 1.29 is 24.5 Å². The number of aliphatic hydroxyl groups excluding tert-OH is 2. The Labute approximate surface area is 80.9 Å². The number of aliphatic hydroxyl groups is 2. The normalized spacial score (nSPS) is 33.7. The molecule has 6 heteroatoms. The van der Waals surface area contributed by atoms with Crippen molar-refractivity contribution in [2.45, 2.75) is 38.2 Å². The second kappa shape index (κ2) is 3.93. The summed E-state index contributed by atoms with van der Waals surface area (Å²) in [7, 11) is 0. The number of ether oxygens (including phenoxy) is 1. The molecule has 0 aromatic heterocycles. The lowest BCUT2D eigenvalue weighted by molar-refractivity contribution is -0.147. The average Bonchev–Trinajstić information content (AvgIpc) is 2.31. The average molecular weight is 203 g/mol. The number of esters is 1. The summed E-state index contributed by atoms with van der Waals surface area (Å²) in [5.41, 5.74) is 0. The monoisotopic (exact) mass is 203 g/mol. The number of carbonyl (C=O) groups excluding carboxylic acids is 2. The molecule has 1 saturated heterocycles. The van der Waals surface area contributed by atoms with Crippen LogP contribution in [0, 0.1) is 0 Å². The molecule has 0 radical (unpaired) electrons. The van der Waals surface area contributed by atoms with Crippen molar-refractivity contribution in [1.29, 1.82) is 0 Å². The molecule has 0 aromatic rings. The Balaban J connectivity index is 2.70. The van der Waals surface area contributed by atoms with Crippen molar-refractivity contribution in [2.75, 3.05) is 0 Å². The van der Waals surface area contributed by atoms with Gasteiger partial charge in [-0.1, -0.05) is 0 Å². The van der Waals surface area contributed by atoms with Crippen molar-refractivity contribution in [3.63, 3.8) is 0 Å². The lowest BCUT2D eigenvalue weighted by atomic mass is 10.1. The molecule has 0 bridgehead atoms. The molecule has 1 aliphatic heterocycles. The van der Waals surface area contributed by atoms with Gasteiger partial charge in [0.2, 0.25) is 5.91 Å². The van der Waals surface area contributed by atoms with E-state index in [1.54, 1.807) is 0 Å². The van der Waals surface area contributed by atoms with Gasteiger partial charge >= 0.3 is 5.97 Å². The lowest BCUT2D eigenvalue weighted by Gasteiger charge is -2.17. The van der Waals surface area contributed by atoms with Crippen molar-refractivity contribution >= 4 is 11.9 Å². The molecule has 0 saturated carbocycles. The first-order valence-corrected chi connectivity index (χ1v) is 4.27. The van der Waals surface area contributed by atoms with Crippen LogP contribution in [-0.2, 0) is 14.3 Å². The van der Waals surface area contributed by atoms with Crippen LogP contribution in [0.2, 0.25) is 0 Å². The third kappa shape index (κ3) is 2.02. The summed E-state index contributed by atoms with van der Waals surface area (Å²) in [6, 6.07) is -1.08. The summed E-state index contributed by atoms with van der Waals surface area (Å²) in [5.74, 6) is -1.16. The first kappa shape index (κ1) is 10.9. The van der Waals surface area contributed by atoms with Crippen molar-refractivity contribution in [2.24, 2.45) is 0 Å². The zero-order valence-corrected chi connectivity index (χ0v) is 7.93. The van der Waals surface area contributed by atoms with E-state index in [0.717, 1.165) is 0 Å². The summed E-state index contributed by atoms with van der Waals surface area (Å²) < 4.78 is 4.69. The van der Waals surface area contributed by atoms with E-state index in [4.69, 9.17) is 9.84 Å². The van der Waals surface area contributed by atoms with Crippen LogP contribution in [0.25, 0.3) is 0 Å². The number of hydrogen-bond acceptors (Lipinski definition) is 5. The first-order valence-electron chi connectivity index (χ1n) is 4.27. The largest absolute Gasteiger partial charge is 0.455 e. The molecular weight excluding hydrogens is 190 g/mol. The van der Waals surface area contributed by atoms with E-state index in [1.165, 1.54) is 13.8 Å². The van der Waals surface area contributed by atoms with Crippen LogP contribution >= 0.6 is 0 Å². The van der Waals surface area contributed by atoms with Crippen LogP contribution in [-0.4, -0.2) is 46.4 Å². The van der Waals surface area contributed by atoms with Crippen molar-refractivity contribution in [3.8, 4) is 0 Å². The van der Waals surface area contributed by atoms with Gasteiger partial charge in [0.15, 0.2) is 12.1 Å². The Morgan fingerprint density at radius 2 is 2.21 bits per heavy atom. The maximum absolute atomic E-state index is 11.1. The minimum Gasteiger partial charge on any atom is -0.455 e. The smallest absolute Gasteiger partial charge is 0.331 e. The molecule has 0 unspecified atom stereocenters. The van der Waals surface area contributed by atoms with Gasteiger partial charge in [0.05, 0.1) is 6.10 Å². The highest BCUT2D eigenvalue weighted by Crippen LogP contribution is 2.18. The molecule has 1 aliphatic rings. The quantitative estimate of drug-likeness (QED) is 0.458. The summed E-state index contributed by atoms with van der Waals surface area (Å²) in [6.07, 6.45) is -3.14. The van der Waals surface area contributed by atoms with E-state index in [0.29, 0.717) is 0 Å². The van der Waals surface area contributed by atoms with Gasteiger partial charge in [0, 0.05) is 6.92 Å². The van der Waals surface area contributed by atoms with Gasteiger partial charge in [-0.2, -0.15) is 0 Å². The van der Waals surface area contributed by atoms with Gasteiger partial charge in [0.25, 0.3) is 0 Å². The lowest BCUT2D eigenvalue weighted by Crippen LogP contribution is -2.46. The number of carbonyl (C=O) groups is 2. The number of rotatable bonds is 2. The van der Waals surface area contributed by atoms with E-state index >= 15 is 0 Å². The SMILES string of the molecule is CC(=O)N[C@H]1C(=O)O[C@@H]([C@@H](C)O)[C@@H]1O. The van der Waals surface area contributed by atoms with Crippen molar-refractivity contribution in [1.82, 2.24) is 5.32 Å². The van der Waals surface area contributed by atoms with E-state index in [-0.39, 0.29) is 0 Å². The van der Waals surface area contributed by atoms with Crippen LogP contribution in [0.3, 0.4) is 0 Å². The Bertz CT molecular complexity index is 252. The molecule has 3 N–H and O–H groups in total. The Hall–Kier alpha value is -1.14. The van der Waals surface area contributed by atoms with Crippen LogP contribution in [0.1, 0.15) is 13.8 Å². The third-order valence-electron chi connectivity index (χ3n) is 2.02. The molecule has 1 rings (SSSR count). The van der Waals surface area contributed by atoms with E-state index in [9.17, 15) is 14.7 Å². The molecule has 1 heterocycles. The zero-order valence-electron chi connectivity index (χ0n) is 7.93. The van der Waals surface area contributed by atoms with E-state index in [2.05, 4.69) is 5.32 Å². The van der Waals surface area contributed by atoms with Gasteiger partial charge < -0.3 is 20.3 Å². The second-order valence-electron chi connectivity index (χ2n) is 3.31. The second-order valence-corrected chi connectivity index (χ2v) is 3.31.